The average molecular weight is 327 g/mol. The van der Waals surface area contributed by atoms with E-state index in [0.29, 0.717) is 5.13 Å². The molecule has 2 aromatic heterocycles. The Hall–Kier alpha value is -3.20. The van der Waals surface area contributed by atoms with Crippen molar-refractivity contribution in [3.8, 4) is 17.0 Å². The van der Waals surface area contributed by atoms with Crippen molar-refractivity contribution >= 4 is 27.8 Å². The molecule has 3 rings (SSSR count). The first-order valence-corrected chi connectivity index (χ1v) is 7.26. The second-order valence-corrected chi connectivity index (χ2v) is 5.22. The highest BCUT2D eigenvalue weighted by Crippen LogP contribution is 2.32. The number of pyridine rings is 1. The molecule has 1 N–H and O–H groups in total. The first-order chi connectivity index (χ1) is 11.1. The standard InChI is InChI=1S/C14H9N5O3S/c20-13-4-3-10(6-12(13)19(21)22)17-18-14-16-11(8-23-14)9-2-1-5-15-7-9/h1-8,20H. The molecule has 0 amide bonds. The molecule has 0 bridgehead atoms. The number of nitrogens with zero attached hydrogens (tertiary/aromatic N) is 5. The van der Waals surface area contributed by atoms with Crippen LogP contribution in [0.15, 0.2) is 58.3 Å². The maximum atomic E-state index is 10.8. The van der Waals surface area contributed by atoms with E-state index in [-0.39, 0.29) is 5.69 Å². The Labute approximate surface area is 134 Å². The van der Waals surface area contributed by atoms with Crippen molar-refractivity contribution in [2.45, 2.75) is 0 Å². The largest absolute Gasteiger partial charge is 0.502 e. The van der Waals surface area contributed by atoms with Gasteiger partial charge in [-0.3, -0.25) is 15.1 Å². The monoisotopic (exact) mass is 327 g/mol. The number of hydrogen-bond donors (Lipinski definition) is 1. The Balaban J connectivity index is 1.83. The summed E-state index contributed by atoms with van der Waals surface area (Å²) < 4.78 is 0. The van der Waals surface area contributed by atoms with Crippen LogP contribution in [0.2, 0.25) is 0 Å². The Morgan fingerprint density at radius 2 is 2.13 bits per heavy atom. The van der Waals surface area contributed by atoms with Crippen molar-refractivity contribution in [1.29, 1.82) is 0 Å². The lowest BCUT2D eigenvalue weighted by atomic mass is 10.2. The molecule has 0 aliphatic heterocycles. The van der Waals surface area contributed by atoms with Crippen molar-refractivity contribution in [2.24, 2.45) is 10.2 Å². The molecule has 0 saturated heterocycles. The van der Waals surface area contributed by atoms with Gasteiger partial charge in [-0.25, -0.2) is 4.98 Å². The molecular weight excluding hydrogens is 318 g/mol. The van der Waals surface area contributed by atoms with E-state index in [4.69, 9.17) is 0 Å². The van der Waals surface area contributed by atoms with Crippen LogP contribution in [0, 0.1) is 10.1 Å². The summed E-state index contributed by atoms with van der Waals surface area (Å²) >= 11 is 1.29. The van der Waals surface area contributed by atoms with Gasteiger partial charge in [0.2, 0.25) is 5.13 Å². The summed E-state index contributed by atoms with van der Waals surface area (Å²) in [4.78, 5) is 18.4. The van der Waals surface area contributed by atoms with Gasteiger partial charge in [-0.15, -0.1) is 21.6 Å². The highest BCUT2D eigenvalue weighted by Gasteiger charge is 2.13. The fourth-order valence-electron chi connectivity index (χ4n) is 1.78. The van der Waals surface area contributed by atoms with Crippen LogP contribution in [0.4, 0.5) is 16.5 Å². The minimum Gasteiger partial charge on any atom is -0.502 e. The average Bonchev–Trinajstić information content (AvgIpc) is 3.03. The Morgan fingerprint density at radius 1 is 1.26 bits per heavy atom. The van der Waals surface area contributed by atoms with Crippen LogP contribution in [0.25, 0.3) is 11.3 Å². The number of nitro benzene ring substituents is 1. The highest BCUT2D eigenvalue weighted by atomic mass is 32.1. The molecule has 0 aliphatic rings. The van der Waals surface area contributed by atoms with Gasteiger partial charge in [-0.05, 0) is 24.3 Å². The van der Waals surface area contributed by atoms with Gasteiger partial charge in [-0.1, -0.05) is 0 Å². The Kier molecular flexibility index (Phi) is 4.02. The van der Waals surface area contributed by atoms with Crippen LogP contribution < -0.4 is 0 Å². The molecule has 23 heavy (non-hydrogen) atoms. The molecule has 0 unspecified atom stereocenters. The Morgan fingerprint density at radius 3 is 2.87 bits per heavy atom. The van der Waals surface area contributed by atoms with Gasteiger partial charge < -0.3 is 5.11 Å². The van der Waals surface area contributed by atoms with Gasteiger partial charge in [0.05, 0.1) is 16.3 Å². The molecular formula is C14H9N5O3S. The zero-order chi connectivity index (χ0) is 16.2. The van der Waals surface area contributed by atoms with Crippen LogP contribution in [-0.4, -0.2) is 20.0 Å². The van der Waals surface area contributed by atoms with E-state index in [1.807, 2.05) is 17.5 Å². The first-order valence-electron chi connectivity index (χ1n) is 6.38. The second kappa shape index (κ2) is 6.28. The fourth-order valence-corrected chi connectivity index (χ4v) is 2.42. The molecule has 0 saturated carbocycles. The first kappa shape index (κ1) is 14.7. The third kappa shape index (κ3) is 3.35. The van der Waals surface area contributed by atoms with Gasteiger partial charge in [-0.2, -0.15) is 0 Å². The number of rotatable bonds is 4. The number of aromatic nitrogens is 2. The van der Waals surface area contributed by atoms with Gasteiger partial charge in [0, 0.05) is 29.4 Å². The lowest BCUT2D eigenvalue weighted by molar-refractivity contribution is -0.385. The predicted molar refractivity (Wildman–Crippen MR) is 84.3 cm³/mol. The minimum absolute atomic E-state index is 0.257. The summed E-state index contributed by atoms with van der Waals surface area (Å²) in [5.74, 6) is -0.415. The molecule has 2 heterocycles. The normalized spacial score (nSPS) is 11.0. The molecule has 3 aromatic rings. The van der Waals surface area contributed by atoms with Gasteiger partial charge in [0.25, 0.3) is 0 Å². The number of nitro groups is 1. The molecule has 8 nitrogen and oxygen atoms in total. The molecule has 0 radical (unpaired) electrons. The third-order valence-corrected chi connectivity index (χ3v) is 3.58. The van der Waals surface area contributed by atoms with E-state index in [0.717, 1.165) is 17.3 Å². The number of hydrogen-bond acceptors (Lipinski definition) is 8. The summed E-state index contributed by atoms with van der Waals surface area (Å²) in [5.41, 5.74) is 1.43. The smallest absolute Gasteiger partial charge is 0.312 e. The van der Waals surface area contributed by atoms with E-state index in [9.17, 15) is 15.2 Å². The number of thiazole rings is 1. The Bertz CT molecular complexity index is 879. The van der Waals surface area contributed by atoms with Crippen molar-refractivity contribution in [1.82, 2.24) is 9.97 Å². The molecule has 1 aromatic carbocycles. The fraction of sp³-hybridized carbons (Fsp3) is 0. The van der Waals surface area contributed by atoms with Crippen LogP contribution >= 0.6 is 11.3 Å². The minimum atomic E-state index is -0.682. The SMILES string of the molecule is O=[N+]([O-])c1cc(N=Nc2nc(-c3cccnc3)cs2)ccc1O. The third-order valence-electron chi connectivity index (χ3n) is 2.86. The molecule has 114 valence electrons. The van der Waals surface area contributed by atoms with E-state index in [2.05, 4.69) is 20.2 Å². The van der Waals surface area contributed by atoms with E-state index in [1.54, 1.807) is 12.4 Å². The second-order valence-electron chi connectivity index (χ2n) is 4.39. The quantitative estimate of drug-likeness (QED) is 0.437. The van der Waals surface area contributed by atoms with Crippen LogP contribution in [-0.2, 0) is 0 Å². The van der Waals surface area contributed by atoms with Crippen molar-refractivity contribution in [2.75, 3.05) is 0 Å². The zero-order valence-electron chi connectivity index (χ0n) is 11.5. The van der Waals surface area contributed by atoms with Crippen LogP contribution in [0.3, 0.4) is 0 Å². The summed E-state index contributed by atoms with van der Waals surface area (Å²) in [7, 11) is 0. The molecule has 0 atom stereocenters. The predicted octanol–water partition coefficient (Wildman–Crippen LogP) is 4.23. The van der Waals surface area contributed by atoms with Gasteiger partial charge in [0.1, 0.15) is 0 Å². The molecule has 0 spiro atoms. The maximum Gasteiger partial charge on any atom is 0.312 e. The van der Waals surface area contributed by atoms with Gasteiger partial charge >= 0.3 is 5.69 Å². The molecule has 0 fully saturated rings. The lowest BCUT2D eigenvalue weighted by Gasteiger charge is -1.96. The summed E-state index contributed by atoms with van der Waals surface area (Å²) in [6, 6.07) is 7.48. The van der Waals surface area contributed by atoms with Crippen LogP contribution in [0.5, 0.6) is 5.75 Å². The van der Waals surface area contributed by atoms with Gasteiger partial charge in [0.15, 0.2) is 5.75 Å². The number of phenolic OH excluding ortho intramolecular Hbond substituents is 1. The zero-order valence-corrected chi connectivity index (χ0v) is 12.3. The summed E-state index contributed by atoms with van der Waals surface area (Å²) in [5, 5.41) is 30.3. The molecule has 9 heteroatoms. The molecule has 0 aliphatic carbocycles. The van der Waals surface area contributed by atoms with Crippen molar-refractivity contribution in [3.63, 3.8) is 0 Å². The maximum absolute atomic E-state index is 10.8. The summed E-state index contributed by atoms with van der Waals surface area (Å²) in [6.07, 6.45) is 3.37. The number of phenols is 1. The van der Waals surface area contributed by atoms with Crippen LogP contribution in [0.1, 0.15) is 0 Å². The van der Waals surface area contributed by atoms with Crippen molar-refractivity contribution in [3.05, 3.63) is 58.2 Å². The summed E-state index contributed by atoms with van der Waals surface area (Å²) in [6.45, 7) is 0. The van der Waals surface area contributed by atoms with Crippen molar-refractivity contribution < 1.29 is 10.0 Å². The lowest BCUT2D eigenvalue weighted by Crippen LogP contribution is -1.87. The van der Waals surface area contributed by atoms with E-state index < -0.39 is 16.4 Å². The van der Waals surface area contributed by atoms with E-state index >= 15 is 0 Å². The highest BCUT2D eigenvalue weighted by molar-refractivity contribution is 7.13. The number of aromatic hydroxyl groups is 1. The topological polar surface area (TPSA) is 114 Å². The number of azo groups is 1. The van der Waals surface area contributed by atoms with E-state index in [1.165, 1.54) is 23.5 Å². The number of benzene rings is 1.